The van der Waals surface area contributed by atoms with Gasteiger partial charge in [-0.3, -0.25) is 14.7 Å². The first kappa shape index (κ1) is 22.6. The molecule has 0 unspecified atom stereocenters. The lowest BCUT2D eigenvalue weighted by atomic mass is 10.1. The lowest BCUT2D eigenvalue weighted by molar-refractivity contribution is 0.0418. The summed E-state index contributed by atoms with van der Waals surface area (Å²) in [4.78, 5) is 17.9. The first-order chi connectivity index (χ1) is 16.0. The molecule has 0 aliphatic heterocycles. The first-order valence-electron chi connectivity index (χ1n) is 10.4. The van der Waals surface area contributed by atoms with Crippen molar-refractivity contribution < 1.29 is 18.0 Å². The molecule has 0 bridgehead atoms. The van der Waals surface area contributed by atoms with Crippen molar-refractivity contribution in [2.24, 2.45) is 0 Å². The van der Waals surface area contributed by atoms with E-state index in [9.17, 15) is 13.2 Å². The largest absolute Gasteiger partial charge is 0.295 e. The molecule has 4 rings (SSSR count). The minimum Gasteiger partial charge on any atom is -0.278 e. The van der Waals surface area contributed by atoms with Gasteiger partial charge in [0, 0.05) is 17.3 Å². The van der Waals surface area contributed by atoms with Crippen LogP contribution in [0, 0.1) is 0 Å². The third kappa shape index (κ3) is 4.51. The molecule has 0 saturated carbocycles. The SMILES string of the molecule is C=CCONC(=O)c1nn(-c2ccc(S(=O)(=O)NCCCC)cc2)c2c1ccc1[nH]ncc12. The molecule has 3 N–H and O–H groups in total. The van der Waals surface area contributed by atoms with Crippen LogP contribution in [0.5, 0.6) is 0 Å². The van der Waals surface area contributed by atoms with Crippen molar-refractivity contribution in [3.05, 3.63) is 60.9 Å². The Hall–Kier alpha value is -3.54. The Labute approximate surface area is 190 Å². The van der Waals surface area contributed by atoms with Crippen LogP contribution in [0.25, 0.3) is 27.5 Å². The second kappa shape index (κ2) is 9.53. The summed E-state index contributed by atoms with van der Waals surface area (Å²) < 4.78 is 29.2. The number of nitrogens with one attached hydrogen (secondary N) is 3. The van der Waals surface area contributed by atoms with Gasteiger partial charge in [0.05, 0.1) is 34.4 Å². The van der Waals surface area contributed by atoms with E-state index in [2.05, 4.69) is 32.1 Å². The van der Waals surface area contributed by atoms with Crippen LogP contribution >= 0.6 is 0 Å². The second-order valence-corrected chi connectivity index (χ2v) is 9.10. The average Bonchev–Trinajstić information content (AvgIpc) is 3.44. The lowest BCUT2D eigenvalue weighted by Crippen LogP contribution is -2.24. The zero-order chi connectivity index (χ0) is 23.4. The molecule has 2 heterocycles. The number of amides is 1. The molecule has 0 aliphatic rings. The molecule has 11 heteroatoms. The summed E-state index contributed by atoms with van der Waals surface area (Å²) in [6, 6.07) is 9.92. The highest BCUT2D eigenvalue weighted by atomic mass is 32.2. The molecule has 2 aromatic heterocycles. The van der Waals surface area contributed by atoms with Crippen molar-refractivity contribution in [2.45, 2.75) is 24.7 Å². The maximum Gasteiger partial charge on any atom is 0.295 e. The smallest absolute Gasteiger partial charge is 0.278 e. The van der Waals surface area contributed by atoms with E-state index < -0.39 is 15.9 Å². The van der Waals surface area contributed by atoms with Gasteiger partial charge in [0.1, 0.15) is 0 Å². The summed E-state index contributed by atoms with van der Waals surface area (Å²) in [7, 11) is -3.60. The number of hydrogen-bond acceptors (Lipinski definition) is 6. The Morgan fingerprint density at radius 3 is 2.73 bits per heavy atom. The zero-order valence-electron chi connectivity index (χ0n) is 18.0. The predicted molar refractivity (Wildman–Crippen MR) is 124 cm³/mol. The minimum atomic E-state index is -3.60. The van der Waals surface area contributed by atoms with E-state index in [0.29, 0.717) is 23.1 Å². The van der Waals surface area contributed by atoms with Crippen molar-refractivity contribution in [3.8, 4) is 5.69 Å². The number of aromatic amines is 1. The van der Waals surface area contributed by atoms with E-state index in [1.54, 1.807) is 29.1 Å². The number of carbonyl (C=O) groups excluding carboxylic acids is 1. The number of hydroxylamine groups is 1. The monoisotopic (exact) mass is 468 g/mol. The van der Waals surface area contributed by atoms with E-state index in [1.165, 1.54) is 18.2 Å². The summed E-state index contributed by atoms with van der Waals surface area (Å²) in [6.07, 6.45) is 4.82. The van der Waals surface area contributed by atoms with Gasteiger partial charge >= 0.3 is 0 Å². The molecule has 1 amide bonds. The maximum atomic E-state index is 12.7. The number of sulfonamides is 1. The molecule has 33 heavy (non-hydrogen) atoms. The standard InChI is InChI=1S/C22H24N6O4S/c1-3-5-12-24-33(30,31)16-8-6-15(7-9-16)28-21-17(10-11-19-18(21)14-23-25-19)20(26-28)22(29)27-32-13-4-2/h4,6-11,14,24H,2-3,5,12-13H2,1H3,(H,23,25)(H,27,29). The number of fused-ring (bicyclic) bond motifs is 3. The Balaban J connectivity index is 1.76. The van der Waals surface area contributed by atoms with Crippen molar-refractivity contribution in [2.75, 3.05) is 13.2 Å². The van der Waals surface area contributed by atoms with Gasteiger partial charge in [-0.15, -0.1) is 6.58 Å². The highest BCUT2D eigenvalue weighted by Gasteiger charge is 2.21. The van der Waals surface area contributed by atoms with Crippen LogP contribution < -0.4 is 10.2 Å². The number of aromatic nitrogens is 4. The zero-order valence-corrected chi connectivity index (χ0v) is 18.9. The Kier molecular flexibility index (Phi) is 6.54. The highest BCUT2D eigenvalue weighted by Crippen LogP contribution is 2.29. The average molecular weight is 469 g/mol. The number of carbonyl (C=O) groups is 1. The number of unbranched alkanes of at least 4 members (excludes halogenated alkanes) is 1. The maximum absolute atomic E-state index is 12.7. The van der Waals surface area contributed by atoms with Gasteiger partial charge in [0.25, 0.3) is 5.91 Å². The number of nitrogens with zero attached hydrogens (tertiary/aromatic N) is 3. The summed E-state index contributed by atoms with van der Waals surface area (Å²) in [6.45, 7) is 6.07. The topological polar surface area (TPSA) is 131 Å². The van der Waals surface area contributed by atoms with Crippen molar-refractivity contribution in [1.29, 1.82) is 0 Å². The van der Waals surface area contributed by atoms with Crippen molar-refractivity contribution in [1.82, 2.24) is 30.2 Å². The van der Waals surface area contributed by atoms with Gasteiger partial charge in [0.15, 0.2) is 5.69 Å². The van der Waals surface area contributed by atoms with E-state index >= 15 is 0 Å². The molecule has 4 aromatic rings. The van der Waals surface area contributed by atoms with Gasteiger partial charge in [-0.1, -0.05) is 19.4 Å². The second-order valence-electron chi connectivity index (χ2n) is 7.33. The highest BCUT2D eigenvalue weighted by molar-refractivity contribution is 7.89. The molecular formula is C22H24N6O4S. The molecular weight excluding hydrogens is 444 g/mol. The first-order valence-corrected chi connectivity index (χ1v) is 11.9. The van der Waals surface area contributed by atoms with Crippen molar-refractivity contribution >= 4 is 37.7 Å². The summed E-state index contributed by atoms with van der Waals surface area (Å²) in [5.74, 6) is -0.511. The summed E-state index contributed by atoms with van der Waals surface area (Å²) in [5, 5.41) is 12.9. The van der Waals surface area contributed by atoms with E-state index in [1.807, 2.05) is 13.0 Å². The third-order valence-electron chi connectivity index (χ3n) is 5.06. The van der Waals surface area contributed by atoms with E-state index in [-0.39, 0.29) is 17.2 Å². The molecule has 0 radical (unpaired) electrons. The van der Waals surface area contributed by atoms with Gasteiger partial charge in [-0.2, -0.15) is 10.2 Å². The van der Waals surface area contributed by atoms with Crippen LogP contribution in [-0.4, -0.2) is 47.5 Å². The molecule has 0 spiro atoms. The van der Waals surface area contributed by atoms with Crippen LogP contribution in [0.1, 0.15) is 30.3 Å². The summed E-state index contributed by atoms with van der Waals surface area (Å²) >= 11 is 0. The number of rotatable bonds is 10. The number of H-pyrrole nitrogens is 1. The molecule has 0 fully saturated rings. The van der Waals surface area contributed by atoms with Gasteiger partial charge < -0.3 is 0 Å². The Morgan fingerprint density at radius 2 is 2.00 bits per heavy atom. The molecule has 2 aromatic carbocycles. The Morgan fingerprint density at radius 1 is 1.21 bits per heavy atom. The molecule has 10 nitrogen and oxygen atoms in total. The summed E-state index contributed by atoms with van der Waals surface area (Å²) in [5.41, 5.74) is 4.54. The Bertz CT molecular complexity index is 1410. The van der Waals surface area contributed by atoms with Crippen molar-refractivity contribution in [3.63, 3.8) is 0 Å². The fourth-order valence-corrected chi connectivity index (χ4v) is 4.50. The minimum absolute atomic E-state index is 0.151. The molecule has 0 aliphatic carbocycles. The van der Waals surface area contributed by atoms with Crippen LogP contribution in [0.15, 0.2) is 60.1 Å². The van der Waals surface area contributed by atoms with Gasteiger partial charge in [0.2, 0.25) is 10.0 Å². The fraction of sp³-hybridized carbons (Fsp3) is 0.227. The number of benzene rings is 2. The lowest BCUT2D eigenvalue weighted by Gasteiger charge is -2.08. The van der Waals surface area contributed by atoms with Gasteiger partial charge in [-0.25, -0.2) is 23.3 Å². The predicted octanol–water partition coefficient (Wildman–Crippen LogP) is 2.83. The molecule has 172 valence electrons. The fourth-order valence-electron chi connectivity index (χ4n) is 3.43. The van der Waals surface area contributed by atoms with Crippen LogP contribution in [-0.2, 0) is 14.9 Å². The molecule has 0 saturated heterocycles. The van der Waals surface area contributed by atoms with E-state index in [0.717, 1.165) is 23.7 Å². The molecule has 0 atom stereocenters. The van der Waals surface area contributed by atoms with E-state index in [4.69, 9.17) is 4.84 Å². The van der Waals surface area contributed by atoms with Crippen LogP contribution in [0.2, 0.25) is 0 Å². The normalized spacial score (nSPS) is 11.8. The van der Waals surface area contributed by atoms with Crippen LogP contribution in [0.3, 0.4) is 0 Å². The third-order valence-corrected chi connectivity index (χ3v) is 6.53. The van der Waals surface area contributed by atoms with Crippen LogP contribution in [0.4, 0.5) is 0 Å². The number of hydrogen-bond donors (Lipinski definition) is 3. The quantitative estimate of drug-likeness (QED) is 0.186. The van der Waals surface area contributed by atoms with Gasteiger partial charge in [-0.05, 0) is 42.8 Å².